The average Bonchev–Trinajstić information content (AvgIpc) is 2.39. The quantitative estimate of drug-likeness (QED) is 0.842. The molecule has 1 amide bonds. The van der Waals surface area contributed by atoms with Gasteiger partial charge in [-0.1, -0.05) is 11.6 Å². The predicted molar refractivity (Wildman–Crippen MR) is 73.4 cm³/mol. The molecular formula is C14H18ClNO3. The Morgan fingerprint density at radius 3 is 2.79 bits per heavy atom. The van der Waals surface area contributed by atoms with Crippen molar-refractivity contribution in [2.75, 3.05) is 19.7 Å². The summed E-state index contributed by atoms with van der Waals surface area (Å²) >= 11 is 5.78. The minimum atomic E-state index is -0.464. The topological polar surface area (TPSA) is 49.8 Å². The van der Waals surface area contributed by atoms with E-state index in [0.29, 0.717) is 31.1 Å². The van der Waals surface area contributed by atoms with Crippen LogP contribution in [0.3, 0.4) is 0 Å². The Labute approximate surface area is 117 Å². The third-order valence-electron chi connectivity index (χ3n) is 3.15. The number of halogens is 1. The standard InChI is InChI=1S/C14H18ClNO3/c15-11-2-4-13(5-3-11)19-9-1-7-16-8-6-12(17)10-14(16)18/h2-5,12,17H,1,6-10H2. The van der Waals surface area contributed by atoms with Gasteiger partial charge in [-0.15, -0.1) is 0 Å². The Morgan fingerprint density at radius 2 is 2.11 bits per heavy atom. The van der Waals surface area contributed by atoms with Crippen LogP contribution in [0.1, 0.15) is 19.3 Å². The predicted octanol–water partition coefficient (Wildman–Crippen LogP) is 2.09. The number of amides is 1. The van der Waals surface area contributed by atoms with E-state index in [0.717, 1.165) is 12.2 Å². The van der Waals surface area contributed by atoms with Crippen molar-refractivity contribution >= 4 is 17.5 Å². The largest absolute Gasteiger partial charge is 0.494 e. The molecule has 1 aliphatic rings. The number of ether oxygens (including phenoxy) is 1. The van der Waals surface area contributed by atoms with E-state index >= 15 is 0 Å². The number of benzene rings is 1. The zero-order valence-electron chi connectivity index (χ0n) is 10.7. The second-order valence-electron chi connectivity index (χ2n) is 4.68. The Morgan fingerprint density at radius 1 is 1.37 bits per heavy atom. The van der Waals surface area contributed by atoms with Crippen molar-refractivity contribution in [1.82, 2.24) is 4.90 Å². The Kier molecular flexibility index (Phi) is 5.05. The van der Waals surface area contributed by atoms with E-state index in [1.54, 1.807) is 17.0 Å². The first kappa shape index (κ1) is 14.2. The summed E-state index contributed by atoms with van der Waals surface area (Å²) in [5.74, 6) is 0.815. The number of aliphatic hydroxyl groups excluding tert-OH is 1. The van der Waals surface area contributed by atoms with Gasteiger partial charge in [0.2, 0.25) is 5.91 Å². The highest BCUT2D eigenvalue weighted by molar-refractivity contribution is 6.30. The van der Waals surface area contributed by atoms with Gasteiger partial charge in [0.05, 0.1) is 19.1 Å². The van der Waals surface area contributed by atoms with Gasteiger partial charge in [0.1, 0.15) is 5.75 Å². The van der Waals surface area contributed by atoms with Gasteiger partial charge >= 0.3 is 0 Å². The maximum atomic E-state index is 11.6. The van der Waals surface area contributed by atoms with Gasteiger partial charge in [-0.25, -0.2) is 0 Å². The second-order valence-corrected chi connectivity index (χ2v) is 5.12. The molecule has 1 aromatic rings. The first-order chi connectivity index (χ1) is 9.15. The van der Waals surface area contributed by atoms with Crippen molar-refractivity contribution in [3.63, 3.8) is 0 Å². The van der Waals surface area contributed by atoms with E-state index in [4.69, 9.17) is 16.3 Å². The molecule has 0 radical (unpaired) electrons. The minimum Gasteiger partial charge on any atom is -0.494 e. The normalized spacial score (nSPS) is 19.6. The Balaban J connectivity index is 1.66. The molecule has 0 aliphatic carbocycles. The zero-order valence-corrected chi connectivity index (χ0v) is 11.5. The summed E-state index contributed by atoms with van der Waals surface area (Å²) < 4.78 is 5.56. The number of aliphatic hydroxyl groups is 1. The first-order valence-corrected chi connectivity index (χ1v) is 6.87. The van der Waals surface area contributed by atoms with Gasteiger partial charge in [0, 0.05) is 18.1 Å². The summed E-state index contributed by atoms with van der Waals surface area (Å²) in [6.07, 6.45) is 1.24. The molecule has 1 heterocycles. The van der Waals surface area contributed by atoms with Crippen molar-refractivity contribution in [3.8, 4) is 5.75 Å². The number of nitrogens with zero attached hydrogens (tertiary/aromatic N) is 1. The van der Waals surface area contributed by atoms with Gasteiger partial charge in [-0.05, 0) is 37.1 Å². The van der Waals surface area contributed by atoms with Crippen LogP contribution < -0.4 is 4.74 Å². The lowest BCUT2D eigenvalue weighted by molar-refractivity contribution is -0.137. The fraction of sp³-hybridized carbons (Fsp3) is 0.500. The highest BCUT2D eigenvalue weighted by atomic mass is 35.5. The van der Waals surface area contributed by atoms with Crippen LogP contribution in [0.5, 0.6) is 5.75 Å². The van der Waals surface area contributed by atoms with Gasteiger partial charge in [-0.2, -0.15) is 0 Å². The SMILES string of the molecule is O=C1CC(O)CCN1CCCOc1ccc(Cl)cc1. The van der Waals surface area contributed by atoms with E-state index in [2.05, 4.69) is 0 Å². The van der Waals surface area contributed by atoms with E-state index in [9.17, 15) is 9.90 Å². The van der Waals surface area contributed by atoms with Gasteiger partial charge in [-0.3, -0.25) is 4.79 Å². The lowest BCUT2D eigenvalue weighted by atomic mass is 10.1. The Hall–Kier alpha value is -1.26. The molecule has 1 unspecified atom stereocenters. The van der Waals surface area contributed by atoms with Crippen LogP contribution in [0.2, 0.25) is 5.02 Å². The number of piperidine rings is 1. The molecule has 0 aromatic heterocycles. The summed E-state index contributed by atoms with van der Waals surface area (Å²) in [6.45, 7) is 1.88. The van der Waals surface area contributed by atoms with Crippen molar-refractivity contribution in [2.45, 2.75) is 25.4 Å². The number of hydrogen-bond acceptors (Lipinski definition) is 3. The monoisotopic (exact) mass is 283 g/mol. The molecule has 2 rings (SSSR count). The number of carbonyl (C=O) groups is 1. The molecule has 19 heavy (non-hydrogen) atoms. The Bertz CT molecular complexity index is 421. The molecule has 1 atom stereocenters. The maximum Gasteiger partial charge on any atom is 0.225 e. The molecule has 1 N–H and O–H groups in total. The molecule has 1 aromatic carbocycles. The summed E-state index contributed by atoms with van der Waals surface area (Å²) in [4.78, 5) is 13.4. The van der Waals surface area contributed by atoms with Gasteiger partial charge < -0.3 is 14.7 Å². The highest BCUT2D eigenvalue weighted by Gasteiger charge is 2.23. The van der Waals surface area contributed by atoms with E-state index in [-0.39, 0.29) is 12.3 Å². The van der Waals surface area contributed by atoms with Crippen LogP contribution in [0.15, 0.2) is 24.3 Å². The molecule has 4 nitrogen and oxygen atoms in total. The van der Waals surface area contributed by atoms with Crippen LogP contribution in [-0.4, -0.2) is 41.7 Å². The molecule has 0 saturated carbocycles. The summed E-state index contributed by atoms with van der Waals surface area (Å²) in [6, 6.07) is 7.22. The molecule has 1 saturated heterocycles. The molecule has 5 heteroatoms. The lowest BCUT2D eigenvalue weighted by Crippen LogP contribution is -2.41. The zero-order chi connectivity index (χ0) is 13.7. The van der Waals surface area contributed by atoms with Gasteiger partial charge in [0.15, 0.2) is 0 Å². The minimum absolute atomic E-state index is 0.0326. The summed E-state index contributed by atoms with van der Waals surface area (Å²) in [5, 5.41) is 10.0. The third kappa shape index (κ3) is 4.40. The molecule has 0 bridgehead atoms. The van der Waals surface area contributed by atoms with Crippen LogP contribution in [0.4, 0.5) is 0 Å². The fourth-order valence-electron chi connectivity index (χ4n) is 2.08. The number of likely N-dealkylation sites (tertiary alicyclic amines) is 1. The number of carbonyl (C=O) groups excluding carboxylic acids is 1. The molecule has 1 fully saturated rings. The second kappa shape index (κ2) is 6.78. The van der Waals surface area contributed by atoms with Crippen molar-refractivity contribution in [2.24, 2.45) is 0 Å². The third-order valence-corrected chi connectivity index (χ3v) is 3.40. The van der Waals surface area contributed by atoms with E-state index < -0.39 is 6.10 Å². The van der Waals surface area contributed by atoms with Crippen LogP contribution in [-0.2, 0) is 4.79 Å². The van der Waals surface area contributed by atoms with E-state index in [1.165, 1.54) is 0 Å². The molecule has 0 spiro atoms. The lowest BCUT2D eigenvalue weighted by Gasteiger charge is -2.29. The summed E-state index contributed by atoms with van der Waals surface area (Å²) in [7, 11) is 0. The van der Waals surface area contributed by atoms with Crippen LogP contribution >= 0.6 is 11.6 Å². The maximum absolute atomic E-state index is 11.6. The molecule has 1 aliphatic heterocycles. The number of rotatable bonds is 5. The van der Waals surface area contributed by atoms with Crippen LogP contribution in [0.25, 0.3) is 0 Å². The molecular weight excluding hydrogens is 266 g/mol. The first-order valence-electron chi connectivity index (χ1n) is 6.49. The number of hydrogen-bond donors (Lipinski definition) is 1. The highest BCUT2D eigenvalue weighted by Crippen LogP contribution is 2.16. The van der Waals surface area contributed by atoms with Crippen LogP contribution in [0, 0.1) is 0 Å². The van der Waals surface area contributed by atoms with Crippen molar-refractivity contribution in [1.29, 1.82) is 0 Å². The van der Waals surface area contributed by atoms with Gasteiger partial charge in [0.25, 0.3) is 0 Å². The van der Waals surface area contributed by atoms with Crippen molar-refractivity contribution < 1.29 is 14.6 Å². The summed E-state index contributed by atoms with van der Waals surface area (Å²) in [5.41, 5.74) is 0. The van der Waals surface area contributed by atoms with Crippen molar-refractivity contribution in [3.05, 3.63) is 29.3 Å². The smallest absolute Gasteiger partial charge is 0.225 e. The van der Waals surface area contributed by atoms with E-state index in [1.807, 2.05) is 12.1 Å². The fourth-order valence-corrected chi connectivity index (χ4v) is 2.20. The average molecular weight is 284 g/mol. The molecule has 104 valence electrons.